The number of morpholine rings is 1. The third-order valence-electron chi connectivity index (χ3n) is 4.28. The highest BCUT2D eigenvalue weighted by atomic mass is 16.5. The van der Waals surface area contributed by atoms with E-state index in [0.29, 0.717) is 6.61 Å². The van der Waals surface area contributed by atoms with Crippen molar-refractivity contribution in [3.63, 3.8) is 0 Å². The first-order chi connectivity index (χ1) is 9.27. The third kappa shape index (κ3) is 3.91. The summed E-state index contributed by atoms with van der Waals surface area (Å²) in [6.07, 6.45) is 2.71. The second kappa shape index (κ2) is 7.22. The lowest BCUT2D eigenvalue weighted by Crippen LogP contribution is -2.46. The number of esters is 1. The van der Waals surface area contributed by atoms with Crippen molar-refractivity contribution in [2.45, 2.75) is 26.2 Å². The van der Waals surface area contributed by atoms with Crippen LogP contribution in [0.25, 0.3) is 0 Å². The van der Waals surface area contributed by atoms with Crippen molar-refractivity contribution in [3.8, 4) is 0 Å². The fourth-order valence-electron chi connectivity index (χ4n) is 2.94. The lowest BCUT2D eigenvalue weighted by molar-refractivity contribution is -0.158. The number of carbonyl (C=O) groups excluding carboxylic acids is 1. The molecular formula is C14H26N2O3. The van der Waals surface area contributed by atoms with Gasteiger partial charge >= 0.3 is 5.97 Å². The van der Waals surface area contributed by atoms with Crippen molar-refractivity contribution in [1.29, 1.82) is 0 Å². The predicted octanol–water partition coefficient (Wildman–Crippen LogP) is 0.642. The van der Waals surface area contributed by atoms with Crippen molar-refractivity contribution < 1.29 is 14.3 Å². The number of carbonyl (C=O) groups is 1. The van der Waals surface area contributed by atoms with Gasteiger partial charge in [0.15, 0.2) is 0 Å². The summed E-state index contributed by atoms with van der Waals surface area (Å²) in [4.78, 5) is 14.7. The van der Waals surface area contributed by atoms with Gasteiger partial charge in [-0.3, -0.25) is 9.69 Å². The number of piperidine rings is 1. The van der Waals surface area contributed by atoms with Gasteiger partial charge in [-0.15, -0.1) is 0 Å². The van der Waals surface area contributed by atoms with Gasteiger partial charge in [-0.05, 0) is 45.8 Å². The van der Waals surface area contributed by atoms with Gasteiger partial charge in [0, 0.05) is 13.1 Å². The molecule has 2 aliphatic rings. The molecule has 0 aromatic heterocycles. The van der Waals surface area contributed by atoms with E-state index in [2.05, 4.69) is 10.2 Å². The molecule has 0 saturated carbocycles. The number of hydrogen-bond acceptors (Lipinski definition) is 5. The van der Waals surface area contributed by atoms with Gasteiger partial charge in [0.2, 0.25) is 0 Å². The minimum Gasteiger partial charge on any atom is -0.466 e. The average Bonchev–Trinajstić information content (AvgIpc) is 2.47. The summed E-state index contributed by atoms with van der Waals surface area (Å²) in [5, 5.41) is 3.33. The smallest absolute Gasteiger partial charge is 0.312 e. The van der Waals surface area contributed by atoms with E-state index in [1.165, 1.54) is 0 Å². The van der Waals surface area contributed by atoms with Crippen LogP contribution in [0.5, 0.6) is 0 Å². The van der Waals surface area contributed by atoms with Crippen LogP contribution in [0.3, 0.4) is 0 Å². The molecular weight excluding hydrogens is 244 g/mol. The van der Waals surface area contributed by atoms with E-state index in [0.717, 1.165) is 65.2 Å². The fraction of sp³-hybridized carbons (Fsp3) is 0.929. The Kier molecular flexibility index (Phi) is 5.60. The third-order valence-corrected chi connectivity index (χ3v) is 4.28. The maximum absolute atomic E-state index is 12.3. The summed E-state index contributed by atoms with van der Waals surface area (Å²) < 4.78 is 10.7. The van der Waals surface area contributed by atoms with Gasteiger partial charge in [0.1, 0.15) is 0 Å². The summed E-state index contributed by atoms with van der Waals surface area (Å²) in [7, 11) is 0. The Morgan fingerprint density at radius 3 is 2.63 bits per heavy atom. The molecule has 2 fully saturated rings. The lowest BCUT2D eigenvalue weighted by atomic mass is 9.76. The molecule has 0 bridgehead atoms. The Morgan fingerprint density at radius 2 is 2.00 bits per heavy atom. The maximum Gasteiger partial charge on any atom is 0.312 e. The van der Waals surface area contributed by atoms with E-state index in [1.807, 2.05) is 6.92 Å². The largest absolute Gasteiger partial charge is 0.466 e. The van der Waals surface area contributed by atoms with Crippen molar-refractivity contribution in [3.05, 3.63) is 0 Å². The quantitative estimate of drug-likeness (QED) is 0.743. The van der Waals surface area contributed by atoms with E-state index in [4.69, 9.17) is 9.47 Å². The van der Waals surface area contributed by atoms with Gasteiger partial charge in [0.05, 0.1) is 25.2 Å². The predicted molar refractivity (Wildman–Crippen MR) is 73.0 cm³/mol. The molecule has 0 aromatic carbocycles. The molecule has 110 valence electrons. The molecule has 2 rings (SSSR count). The zero-order chi connectivity index (χ0) is 13.6. The molecule has 0 amide bonds. The number of nitrogens with one attached hydrogen (secondary N) is 1. The van der Waals surface area contributed by atoms with Gasteiger partial charge in [0.25, 0.3) is 0 Å². The van der Waals surface area contributed by atoms with Gasteiger partial charge in [-0.1, -0.05) is 0 Å². The Bertz CT molecular complexity index is 284. The topological polar surface area (TPSA) is 50.8 Å². The molecule has 1 N–H and O–H groups in total. The molecule has 0 spiro atoms. The van der Waals surface area contributed by atoms with Crippen LogP contribution in [0.2, 0.25) is 0 Å². The molecule has 2 heterocycles. The van der Waals surface area contributed by atoms with Crippen LogP contribution in [0, 0.1) is 5.41 Å². The molecule has 0 aromatic rings. The zero-order valence-corrected chi connectivity index (χ0v) is 12.0. The Balaban J connectivity index is 1.90. The molecule has 5 heteroatoms. The lowest BCUT2D eigenvalue weighted by Gasteiger charge is -2.37. The SMILES string of the molecule is CCOC(=O)C1(CCN2CCOCC2)CCNCC1. The Morgan fingerprint density at radius 1 is 1.32 bits per heavy atom. The van der Waals surface area contributed by atoms with Crippen molar-refractivity contribution >= 4 is 5.97 Å². The summed E-state index contributed by atoms with van der Waals surface area (Å²) in [5.74, 6) is 0.00441. The van der Waals surface area contributed by atoms with Crippen LogP contribution in [-0.4, -0.2) is 63.4 Å². The van der Waals surface area contributed by atoms with Gasteiger partial charge in [-0.25, -0.2) is 0 Å². The van der Waals surface area contributed by atoms with E-state index < -0.39 is 0 Å². The minimum atomic E-state index is -0.264. The summed E-state index contributed by atoms with van der Waals surface area (Å²) >= 11 is 0. The first-order valence-electron chi connectivity index (χ1n) is 7.45. The van der Waals surface area contributed by atoms with Gasteiger partial charge in [-0.2, -0.15) is 0 Å². The van der Waals surface area contributed by atoms with Crippen LogP contribution in [-0.2, 0) is 14.3 Å². The van der Waals surface area contributed by atoms with Crippen LogP contribution in [0.15, 0.2) is 0 Å². The summed E-state index contributed by atoms with van der Waals surface area (Å²) in [6, 6.07) is 0. The van der Waals surface area contributed by atoms with Crippen LogP contribution >= 0.6 is 0 Å². The highest BCUT2D eigenvalue weighted by Crippen LogP contribution is 2.34. The van der Waals surface area contributed by atoms with Gasteiger partial charge < -0.3 is 14.8 Å². The van der Waals surface area contributed by atoms with Crippen molar-refractivity contribution in [1.82, 2.24) is 10.2 Å². The summed E-state index contributed by atoms with van der Waals surface area (Å²) in [6.45, 7) is 8.77. The Hall–Kier alpha value is -0.650. The first-order valence-corrected chi connectivity index (χ1v) is 7.45. The molecule has 0 radical (unpaired) electrons. The highest BCUT2D eigenvalue weighted by Gasteiger charge is 2.40. The van der Waals surface area contributed by atoms with E-state index >= 15 is 0 Å². The van der Waals surface area contributed by atoms with Crippen LogP contribution in [0.1, 0.15) is 26.2 Å². The second-order valence-corrected chi connectivity index (χ2v) is 5.45. The average molecular weight is 270 g/mol. The zero-order valence-electron chi connectivity index (χ0n) is 12.0. The maximum atomic E-state index is 12.3. The number of nitrogens with zero attached hydrogens (tertiary/aromatic N) is 1. The molecule has 0 atom stereocenters. The van der Waals surface area contributed by atoms with Crippen molar-refractivity contribution in [2.75, 3.05) is 52.5 Å². The van der Waals surface area contributed by atoms with E-state index in [1.54, 1.807) is 0 Å². The number of hydrogen-bond donors (Lipinski definition) is 1. The normalized spacial score (nSPS) is 24.1. The van der Waals surface area contributed by atoms with Crippen molar-refractivity contribution in [2.24, 2.45) is 5.41 Å². The molecule has 2 saturated heterocycles. The summed E-state index contributed by atoms with van der Waals surface area (Å²) in [5.41, 5.74) is -0.264. The van der Waals surface area contributed by atoms with Crippen LogP contribution < -0.4 is 5.32 Å². The molecule has 0 unspecified atom stereocenters. The van der Waals surface area contributed by atoms with Crippen LogP contribution in [0.4, 0.5) is 0 Å². The van der Waals surface area contributed by atoms with E-state index in [9.17, 15) is 4.79 Å². The number of ether oxygens (including phenoxy) is 2. The second-order valence-electron chi connectivity index (χ2n) is 5.45. The Labute approximate surface area is 115 Å². The van der Waals surface area contributed by atoms with E-state index in [-0.39, 0.29) is 11.4 Å². The highest BCUT2D eigenvalue weighted by molar-refractivity contribution is 5.77. The standard InChI is InChI=1S/C14H26N2O3/c1-2-19-13(17)14(3-6-15-7-4-14)5-8-16-9-11-18-12-10-16/h15H,2-12H2,1H3. The molecule has 19 heavy (non-hydrogen) atoms. The molecule has 2 aliphatic heterocycles. The fourth-order valence-corrected chi connectivity index (χ4v) is 2.94. The first kappa shape index (κ1) is 14.8. The molecule has 5 nitrogen and oxygen atoms in total. The number of rotatable bonds is 5. The minimum absolute atomic E-state index is 0.00441. The molecule has 0 aliphatic carbocycles. The monoisotopic (exact) mass is 270 g/mol.